The Morgan fingerprint density at radius 2 is 1.86 bits per heavy atom. The maximum absolute atomic E-state index is 11.4. The highest BCUT2D eigenvalue weighted by atomic mass is 16.1. The third-order valence-corrected chi connectivity index (χ3v) is 3.52. The highest BCUT2D eigenvalue weighted by Gasteiger charge is 2.17. The fourth-order valence-corrected chi connectivity index (χ4v) is 2.28. The average molecular weight is 285 g/mol. The van der Waals surface area contributed by atoms with E-state index in [9.17, 15) is 4.79 Å². The summed E-state index contributed by atoms with van der Waals surface area (Å²) in [7, 11) is 0. The first-order valence-electron chi connectivity index (χ1n) is 7.28. The van der Waals surface area contributed by atoms with Gasteiger partial charge in [0.05, 0.1) is 11.4 Å². The second-order valence-electron chi connectivity index (χ2n) is 6.29. The average Bonchev–Trinajstić information content (AvgIpc) is 2.80. The minimum Gasteiger partial charge on any atom is -0.323 e. The van der Waals surface area contributed by atoms with Crippen molar-refractivity contribution in [2.75, 3.05) is 5.32 Å². The van der Waals surface area contributed by atoms with Crippen LogP contribution in [-0.4, -0.2) is 16.1 Å². The number of aryl methyl sites for hydroxylation is 1. The topological polar surface area (TPSA) is 57.8 Å². The molecule has 0 atom stereocenters. The molecule has 0 aliphatic heterocycles. The molecule has 2 aromatic rings. The Morgan fingerprint density at radius 3 is 2.33 bits per heavy atom. The molecule has 112 valence electrons. The molecule has 4 nitrogen and oxygen atoms in total. The van der Waals surface area contributed by atoms with E-state index in [1.165, 1.54) is 12.5 Å². The first-order valence-corrected chi connectivity index (χ1v) is 7.28. The van der Waals surface area contributed by atoms with Crippen LogP contribution in [0.4, 0.5) is 5.69 Å². The number of hydrogen-bond acceptors (Lipinski definition) is 2. The van der Waals surface area contributed by atoms with Gasteiger partial charge in [-0.1, -0.05) is 52.0 Å². The number of aromatic amines is 1. The lowest BCUT2D eigenvalue weighted by Gasteiger charge is -2.19. The third kappa shape index (κ3) is 3.32. The summed E-state index contributed by atoms with van der Waals surface area (Å²) >= 11 is 0. The van der Waals surface area contributed by atoms with E-state index < -0.39 is 0 Å². The van der Waals surface area contributed by atoms with Crippen molar-refractivity contribution in [3.8, 4) is 11.3 Å². The zero-order valence-corrected chi connectivity index (χ0v) is 13.4. The number of carbonyl (C=O) groups excluding carboxylic acids is 1. The molecule has 2 rings (SSSR count). The predicted octanol–water partition coefficient (Wildman–Crippen LogP) is 3.90. The van der Waals surface area contributed by atoms with Gasteiger partial charge >= 0.3 is 0 Å². The van der Waals surface area contributed by atoms with E-state index in [1.54, 1.807) is 0 Å². The molecule has 4 heteroatoms. The van der Waals surface area contributed by atoms with Crippen molar-refractivity contribution in [1.82, 2.24) is 10.2 Å². The molecule has 2 N–H and O–H groups in total. The van der Waals surface area contributed by atoms with Crippen LogP contribution < -0.4 is 5.32 Å². The minimum absolute atomic E-state index is 0.0846. The molecule has 0 unspecified atom stereocenters. The van der Waals surface area contributed by atoms with E-state index in [0.717, 1.165) is 29.1 Å². The Bertz CT molecular complexity index is 633. The second-order valence-corrected chi connectivity index (χ2v) is 6.29. The van der Waals surface area contributed by atoms with Crippen molar-refractivity contribution in [2.45, 2.75) is 46.5 Å². The smallest absolute Gasteiger partial charge is 0.221 e. The van der Waals surface area contributed by atoms with Crippen LogP contribution in [0.1, 0.15) is 45.9 Å². The molecular weight excluding hydrogens is 262 g/mol. The van der Waals surface area contributed by atoms with Gasteiger partial charge in [0.15, 0.2) is 0 Å². The number of anilines is 1. The van der Waals surface area contributed by atoms with Crippen LogP contribution in [-0.2, 0) is 16.6 Å². The largest absolute Gasteiger partial charge is 0.323 e. The molecule has 1 aromatic heterocycles. The number of H-pyrrole nitrogens is 1. The van der Waals surface area contributed by atoms with Crippen LogP contribution in [0.15, 0.2) is 24.3 Å². The lowest BCUT2D eigenvalue weighted by molar-refractivity contribution is -0.114. The summed E-state index contributed by atoms with van der Waals surface area (Å²) in [4.78, 5) is 11.4. The maximum Gasteiger partial charge on any atom is 0.221 e. The Kier molecular flexibility index (Phi) is 4.16. The Morgan fingerprint density at radius 1 is 1.24 bits per heavy atom. The van der Waals surface area contributed by atoms with Gasteiger partial charge < -0.3 is 5.32 Å². The van der Waals surface area contributed by atoms with E-state index in [4.69, 9.17) is 0 Å². The van der Waals surface area contributed by atoms with Crippen molar-refractivity contribution in [3.05, 3.63) is 35.5 Å². The number of carbonyl (C=O) groups is 1. The van der Waals surface area contributed by atoms with Crippen molar-refractivity contribution in [1.29, 1.82) is 0 Å². The van der Waals surface area contributed by atoms with Crippen molar-refractivity contribution in [3.63, 3.8) is 0 Å². The summed E-state index contributed by atoms with van der Waals surface area (Å²) in [5.74, 6) is -0.0846. The van der Waals surface area contributed by atoms with Gasteiger partial charge in [-0.05, 0) is 17.4 Å². The molecule has 0 spiro atoms. The van der Waals surface area contributed by atoms with Crippen LogP contribution >= 0.6 is 0 Å². The molecule has 1 aromatic carbocycles. The molecule has 1 heterocycles. The second kappa shape index (κ2) is 5.72. The lowest BCUT2D eigenvalue weighted by atomic mass is 9.86. The molecule has 1 amide bonds. The van der Waals surface area contributed by atoms with Crippen molar-refractivity contribution in [2.24, 2.45) is 0 Å². The normalized spacial score (nSPS) is 11.5. The zero-order chi connectivity index (χ0) is 15.6. The fourth-order valence-electron chi connectivity index (χ4n) is 2.28. The summed E-state index contributed by atoms with van der Waals surface area (Å²) in [5.41, 5.74) is 4.93. The number of hydrogen-bond donors (Lipinski definition) is 2. The Hall–Kier alpha value is -2.10. The molecule has 0 bridgehead atoms. The summed E-state index contributed by atoms with van der Waals surface area (Å²) < 4.78 is 0. The predicted molar refractivity (Wildman–Crippen MR) is 86.4 cm³/mol. The zero-order valence-electron chi connectivity index (χ0n) is 13.4. The van der Waals surface area contributed by atoms with Gasteiger partial charge in [-0.15, -0.1) is 0 Å². The third-order valence-electron chi connectivity index (χ3n) is 3.52. The van der Waals surface area contributed by atoms with Gasteiger partial charge in [-0.2, -0.15) is 5.10 Å². The monoisotopic (exact) mass is 285 g/mol. The number of nitrogens with zero attached hydrogens (tertiary/aromatic N) is 1. The first-order chi connectivity index (χ1) is 9.82. The molecule has 0 aliphatic rings. The molecule has 0 aliphatic carbocycles. The van der Waals surface area contributed by atoms with Gasteiger partial charge in [-0.25, -0.2) is 0 Å². The highest BCUT2D eigenvalue weighted by Crippen LogP contribution is 2.31. The van der Waals surface area contributed by atoms with E-state index in [2.05, 4.69) is 60.6 Å². The van der Waals surface area contributed by atoms with Crippen LogP contribution in [0.2, 0.25) is 0 Å². The highest BCUT2D eigenvalue weighted by molar-refractivity contribution is 5.94. The van der Waals surface area contributed by atoms with Crippen LogP contribution in [0.5, 0.6) is 0 Å². The first kappa shape index (κ1) is 15.3. The molecule has 0 fully saturated rings. The summed E-state index contributed by atoms with van der Waals surface area (Å²) in [6.45, 7) is 10.1. The molecular formula is C17H23N3O. The SMILES string of the molecule is CCc1[nH]nc(-c2ccc(C(C)(C)C)cc2)c1NC(C)=O. The maximum atomic E-state index is 11.4. The number of rotatable bonds is 3. The number of benzene rings is 1. The Balaban J connectivity index is 2.42. The van der Waals surface area contributed by atoms with Crippen LogP contribution in [0.3, 0.4) is 0 Å². The Labute approximate surface area is 126 Å². The lowest BCUT2D eigenvalue weighted by Crippen LogP contribution is -2.10. The summed E-state index contributed by atoms with van der Waals surface area (Å²) in [6, 6.07) is 8.35. The van der Waals surface area contributed by atoms with Gasteiger partial charge in [0, 0.05) is 12.5 Å². The number of aromatic nitrogens is 2. The van der Waals surface area contributed by atoms with Crippen molar-refractivity contribution < 1.29 is 4.79 Å². The molecule has 21 heavy (non-hydrogen) atoms. The molecule has 0 radical (unpaired) electrons. The summed E-state index contributed by atoms with van der Waals surface area (Å²) in [5, 5.41) is 10.3. The van der Waals surface area contributed by atoms with E-state index in [-0.39, 0.29) is 11.3 Å². The van der Waals surface area contributed by atoms with E-state index in [0.29, 0.717) is 0 Å². The van der Waals surface area contributed by atoms with Crippen LogP contribution in [0, 0.1) is 0 Å². The standard InChI is InChI=1S/C17H23N3O/c1-6-14-16(18-11(2)21)15(20-19-14)12-7-9-13(10-8-12)17(3,4)5/h7-10H,6H2,1-5H3,(H,18,21)(H,19,20). The van der Waals surface area contributed by atoms with Crippen molar-refractivity contribution >= 4 is 11.6 Å². The van der Waals surface area contributed by atoms with Gasteiger partial charge in [0.1, 0.15) is 5.69 Å². The minimum atomic E-state index is -0.0846. The molecule has 0 saturated carbocycles. The van der Waals surface area contributed by atoms with Gasteiger partial charge in [0.2, 0.25) is 5.91 Å². The quantitative estimate of drug-likeness (QED) is 0.898. The van der Waals surface area contributed by atoms with E-state index >= 15 is 0 Å². The van der Waals surface area contributed by atoms with Crippen LogP contribution in [0.25, 0.3) is 11.3 Å². The summed E-state index contributed by atoms with van der Waals surface area (Å²) in [6.07, 6.45) is 0.794. The van der Waals surface area contributed by atoms with Gasteiger partial charge in [-0.3, -0.25) is 9.89 Å². The fraction of sp³-hybridized carbons (Fsp3) is 0.412. The van der Waals surface area contributed by atoms with E-state index in [1.807, 2.05) is 6.92 Å². The molecule has 0 saturated heterocycles. The number of nitrogens with one attached hydrogen (secondary N) is 2. The van der Waals surface area contributed by atoms with Gasteiger partial charge in [0.25, 0.3) is 0 Å². The number of amides is 1.